The molecule has 0 aliphatic heterocycles. The predicted molar refractivity (Wildman–Crippen MR) is 51.8 cm³/mol. The minimum Gasteiger partial charge on any atom is -0.508 e. The number of phenolic OH excluding ortho intramolecular Hbond substituents is 1. The van der Waals surface area contributed by atoms with Gasteiger partial charge in [0.2, 0.25) is 0 Å². The van der Waals surface area contributed by atoms with E-state index in [9.17, 15) is 5.11 Å². The lowest BCUT2D eigenvalue weighted by Crippen LogP contribution is -1.91. The topological polar surface area (TPSA) is 72.3 Å². The summed E-state index contributed by atoms with van der Waals surface area (Å²) in [6, 6.07) is 7.06. The van der Waals surface area contributed by atoms with Gasteiger partial charge in [-0.05, 0) is 6.07 Å². The number of hydrogen-bond acceptors (Lipinski definition) is 4. The number of nitrogens with zero attached hydrogens (tertiary/aromatic N) is 1. The van der Waals surface area contributed by atoms with Crippen molar-refractivity contribution in [2.45, 2.75) is 6.42 Å². The number of benzene rings is 1. The van der Waals surface area contributed by atoms with Crippen LogP contribution in [0.1, 0.15) is 11.3 Å². The Balaban J connectivity index is 2.28. The van der Waals surface area contributed by atoms with Gasteiger partial charge >= 0.3 is 0 Å². The fourth-order valence-corrected chi connectivity index (χ4v) is 1.24. The molecule has 14 heavy (non-hydrogen) atoms. The zero-order valence-electron chi connectivity index (χ0n) is 7.47. The van der Waals surface area contributed by atoms with Crippen molar-refractivity contribution in [1.82, 2.24) is 5.16 Å². The summed E-state index contributed by atoms with van der Waals surface area (Å²) in [6.45, 7) is 0. The first-order valence-corrected chi connectivity index (χ1v) is 4.23. The van der Waals surface area contributed by atoms with Gasteiger partial charge in [0, 0.05) is 12.0 Å². The highest BCUT2D eigenvalue weighted by molar-refractivity contribution is 5.43. The number of para-hydroxylation sites is 1. The van der Waals surface area contributed by atoms with E-state index < -0.39 is 0 Å². The molecule has 4 nitrogen and oxygen atoms in total. The standard InChI is InChI=1S/C10H10N2O2/c11-8-6-12-14-10(8)5-7-3-1-2-4-9(7)13/h1-4,6,13H,5,11H2. The number of nitrogen functional groups attached to an aromatic ring is 1. The van der Waals surface area contributed by atoms with Crippen LogP contribution >= 0.6 is 0 Å². The number of aromatic hydroxyl groups is 1. The highest BCUT2D eigenvalue weighted by atomic mass is 16.5. The van der Waals surface area contributed by atoms with Crippen LogP contribution in [0.25, 0.3) is 0 Å². The molecule has 0 spiro atoms. The molecule has 0 bridgehead atoms. The van der Waals surface area contributed by atoms with Crippen LogP contribution in [-0.4, -0.2) is 10.3 Å². The maximum atomic E-state index is 9.50. The fourth-order valence-electron chi connectivity index (χ4n) is 1.24. The second-order valence-corrected chi connectivity index (χ2v) is 3.01. The zero-order valence-corrected chi connectivity index (χ0v) is 7.47. The van der Waals surface area contributed by atoms with Gasteiger partial charge in [-0.2, -0.15) is 0 Å². The maximum Gasteiger partial charge on any atom is 0.164 e. The van der Waals surface area contributed by atoms with E-state index in [0.29, 0.717) is 17.9 Å². The molecule has 0 fully saturated rings. The average molecular weight is 190 g/mol. The third-order valence-electron chi connectivity index (χ3n) is 2.02. The van der Waals surface area contributed by atoms with Gasteiger partial charge in [0.25, 0.3) is 0 Å². The molecule has 0 unspecified atom stereocenters. The summed E-state index contributed by atoms with van der Waals surface area (Å²) >= 11 is 0. The first-order valence-electron chi connectivity index (χ1n) is 4.23. The van der Waals surface area contributed by atoms with Crippen molar-refractivity contribution in [3.63, 3.8) is 0 Å². The van der Waals surface area contributed by atoms with Crippen LogP contribution in [0, 0.1) is 0 Å². The lowest BCUT2D eigenvalue weighted by Gasteiger charge is -2.01. The Kier molecular flexibility index (Phi) is 2.10. The monoisotopic (exact) mass is 190 g/mol. The molecule has 1 heterocycles. The van der Waals surface area contributed by atoms with Crippen LogP contribution in [0.3, 0.4) is 0 Å². The SMILES string of the molecule is Nc1cnoc1Cc1ccccc1O. The molecule has 0 aliphatic carbocycles. The van der Waals surface area contributed by atoms with Crippen molar-refractivity contribution in [3.05, 3.63) is 41.8 Å². The molecule has 0 atom stereocenters. The second kappa shape index (κ2) is 3.41. The third-order valence-corrected chi connectivity index (χ3v) is 2.02. The summed E-state index contributed by atoms with van der Waals surface area (Å²) in [5.41, 5.74) is 6.88. The maximum absolute atomic E-state index is 9.50. The number of phenols is 1. The summed E-state index contributed by atoms with van der Waals surface area (Å²) in [5.74, 6) is 0.815. The Bertz CT molecular complexity index is 437. The van der Waals surface area contributed by atoms with Crippen molar-refractivity contribution in [2.75, 3.05) is 5.73 Å². The van der Waals surface area contributed by atoms with E-state index in [4.69, 9.17) is 10.3 Å². The Hall–Kier alpha value is -1.97. The molecule has 2 rings (SSSR count). The number of rotatable bonds is 2. The Morgan fingerprint density at radius 2 is 2.14 bits per heavy atom. The van der Waals surface area contributed by atoms with E-state index >= 15 is 0 Å². The first-order chi connectivity index (χ1) is 6.77. The second-order valence-electron chi connectivity index (χ2n) is 3.01. The molecule has 72 valence electrons. The molecular formula is C10H10N2O2. The van der Waals surface area contributed by atoms with Gasteiger partial charge in [-0.3, -0.25) is 0 Å². The Morgan fingerprint density at radius 1 is 1.36 bits per heavy atom. The van der Waals surface area contributed by atoms with Gasteiger partial charge in [-0.25, -0.2) is 0 Å². The first kappa shape index (κ1) is 8.62. The van der Waals surface area contributed by atoms with E-state index in [1.165, 1.54) is 6.20 Å². The van der Waals surface area contributed by atoms with Crippen LogP contribution in [-0.2, 0) is 6.42 Å². The van der Waals surface area contributed by atoms with E-state index in [1.807, 2.05) is 12.1 Å². The lowest BCUT2D eigenvalue weighted by atomic mass is 10.1. The minimum atomic E-state index is 0.239. The molecular weight excluding hydrogens is 180 g/mol. The van der Waals surface area contributed by atoms with Crippen molar-refractivity contribution in [3.8, 4) is 5.75 Å². The van der Waals surface area contributed by atoms with Crippen molar-refractivity contribution < 1.29 is 9.63 Å². The third kappa shape index (κ3) is 1.54. The molecule has 1 aromatic carbocycles. The summed E-state index contributed by atoms with van der Waals surface area (Å²) < 4.78 is 4.94. The molecule has 2 aromatic rings. The molecule has 4 heteroatoms. The van der Waals surface area contributed by atoms with E-state index in [0.717, 1.165) is 5.56 Å². The summed E-state index contributed by atoms with van der Waals surface area (Å²) in [4.78, 5) is 0. The number of anilines is 1. The van der Waals surface area contributed by atoms with Gasteiger partial charge < -0.3 is 15.4 Å². The van der Waals surface area contributed by atoms with Gasteiger partial charge in [0.15, 0.2) is 5.76 Å². The molecule has 0 aliphatic rings. The predicted octanol–water partition coefficient (Wildman–Crippen LogP) is 1.55. The molecule has 0 saturated carbocycles. The van der Waals surface area contributed by atoms with Gasteiger partial charge in [0.1, 0.15) is 5.75 Å². The summed E-state index contributed by atoms with van der Waals surface area (Å²) in [5, 5.41) is 13.1. The molecule has 0 amide bonds. The van der Waals surface area contributed by atoms with Gasteiger partial charge in [-0.15, -0.1) is 0 Å². The van der Waals surface area contributed by atoms with E-state index in [-0.39, 0.29) is 5.75 Å². The molecule has 1 aromatic heterocycles. The number of nitrogens with two attached hydrogens (primary N) is 1. The zero-order chi connectivity index (χ0) is 9.97. The van der Waals surface area contributed by atoms with Crippen LogP contribution in [0.4, 0.5) is 5.69 Å². The van der Waals surface area contributed by atoms with Crippen molar-refractivity contribution in [1.29, 1.82) is 0 Å². The Labute approximate surface area is 81.0 Å². The normalized spacial score (nSPS) is 10.3. The smallest absolute Gasteiger partial charge is 0.164 e. The van der Waals surface area contributed by atoms with Crippen LogP contribution in [0.15, 0.2) is 35.0 Å². The fraction of sp³-hybridized carbons (Fsp3) is 0.100. The van der Waals surface area contributed by atoms with Gasteiger partial charge in [-0.1, -0.05) is 23.4 Å². The van der Waals surface area contributed by atoms with Crippen molar-refractivity contribution >= 4 is 5.69 Å². The molecule has 0 saturated heterocycles. The van der Waals surface area contributed by atoms with Crippen LogP contribution < -0.4 is 5.73 Å². The minimum absolute atomic E-state index is 0.239. The summed E-state index contributed by atoms with van der Waals surface area (Å²) in [6.07, 6.45) is 1.91. The van der Waals surface area contributed by atoms with E-state index in [2.05, 4.69) is 5.16 Å². The largest absolute Gasteiger partial charge is 0.508 e. The van der Waals surface area contributed by atoms with Gasteiger partial charge in [0.05, 0.1) is 11.9 Å². The van der Waals surface area contributed by atoms with Crippen LogP contribution in [0.2, 0.25) is 0 Å². The number of hydrogen-bond donors (Lipinski definition) is 2. The summed E-state index contributed by atoms with van der Waals surface area (Å²) in [7, 11) is 0. The molecule has 0 radical (unpaired) electrons. The quantitative estimate of drug-likeness (QED) is 0.753. The lowest BCUT2D eigenvalue weighted by molar-refractivity contribution is 0.387. The molecule has 3 N–H and O–H groups in total. The van der Waals surface area contributed by atoms with Crippen molar-refractivity contribution in [2.24, 2.45) is 0 Å². The average Bonchev–Trinajstić information content (AvgIpc) is 2.56. The number of aromatic nitrogens is 1. The van der Waals surface area contributed by atoms with E-state index in [1.54, 1.807) is 12.1 Å². The Morgan fingerprint density at radius 3 is 2.79 bits per heavy atom. The highest BCUT2D eigenvalue weighted by Crippen LogP contribution is 2.22. The van der Waals surface area contributed by atoms with Crippen LogP contribution in [0.5, 0.6) is 5.75 Å². The highest BCUT2D eigenvalue weighted by Gasteiger charge is 2.08.